The van der Waals surface area contributed by atoms with E-state index >= 15 is 0 Å². The number of halogens is 3. The fourth-order valence-electron chi connectivity index (χ4n) is 1.60. The fraction of sp³-hybridized carbons (Fsp3) is 0.0833. The van der Waals surface area contributed by atoms with Gasteiger partial charge in [-0.1, -0.05) is 0 Å². The minimum absolute atomic E-state index is 0.443. The van der Waals surface area contributed by atoms with Crippen LogP contribution in [-0.2, 0) is 11.0 Å². The molecule has 0 unspecified atom stereocenters. The second-order valence-corrected chi connectivity index (χ2v) is 3.50. The molecule has 2 aromatic rings. The lowest BCUT2D eigenvalue weighted by molar-refractivity contribution is -0.137. The van der Waals surface area contributed by atoms with Crippen LogP contribution in [0.5, 0.6) is 0 Å². The normalized spacial score (nSPS) is 12.4. The molecule has 0 spiro atoms. The number of aromatic amines is 1. The van der Waals surface area contributed by atoms with Crippen molar-refractivity contribution >= 4 is 23.3 Å². The summed E-state index contributed by atoms with van der Waals surface area (Å²) in [5, 5.41) is 0.443. The number of rotatable bonds is 2. The van der Waals surface area contributed by atoms with Gasteiger partial charge >= 0.3 is 6.18 Å². The number of benzene rings is 1. The number of allylic oxidation sites excluding steroid dienone is 1. The lowest BCUT2D eigenvalue weighted by atomic mass is 10.1. The summed E-state index contributed by atoms with van der Waals surface area (Å²) in [6.07, 6.45) is 0.475. The molecule has 0 radical (unpaired) electrons. The standard InChI is InChI=1S/C12H8F3NO/c13-12(14,15)9-3-4-11-10(6-9)8(7-16-11)2-1-5-17/h1-7,16H/b2-1+. The molecule has 1 aromatic carbocycles. The highest BCUT2D eigenvalue weighted by atomic mass is 19.4. The monoisotopic (exact) mass is 239 g/mol. The maximum Gasteiger partial charge on any atom is 0.416 e. The highest BCUT2D eigenvalue weighted by Crippen LogP contribution is 2.32. The van der Waals surface area contributed by atoms with Crippen LogP contribution in [0.25, 0.3) is 17.0 Å². The van der Waals surface area contributed by atoms with Gasteiger partial charge in [0.15, 0.2) is 0 Å². The Bertz CT molecular complexity index is 581. The summed E-state index contributed by atoms with van der Waals surface area (Å²) in [6.45, 7) is 0. The highest BCUT2D eigenvalue weighted by molar-refractivity contribution is 5.91. The Morgan fingerprint density at radius 1 is 1.24 bits per heavy atom. The van der Waals surface area contributed by atoms with Gasteiger partial charge < -0.3 is 4.98 Å². The molecule has 0 bridgehead atoms. The molecule has 0 saturated carbocycles. The van der Waals surface area contributed by atoms with Crippen LogP contribution in [-0.4, -0.2) is 11.3 Å². The van der Waals surface area contributed by atoms with Crippen LogP contribution in [0.4, 0.5) is 13.2 Å². The van der Waals surface area contributed by atoms with Crippen molar-refractivity contribution in [2.24, 2.45) is 0 Å². The molecule has 0 atom stereocenters. The third-order valence-corrected chi connectivity index (χ3v) is 2.40. The number of alkyl halides is 3. The largest absolute Gasteiger partial charge is 0.416 e. The summed E-state index contributed by atoms with van der Waals surface area (Å²) in [5.74, 6) is 0. The maximum absolute atomic E-state index is 12.5. The van der Waals surface area contributed by atoms with Crippen LogP contribution in [0.3, 0.4) is 0 Å². The van der Waals surface area contributed by atoms with Crippen molar-refractivity contribution in [3.8, 4) is 0 Å². The number of aldehydes is 1. The molecule has 0 saturated heterocycles. The van der Waals surface area contributed by atoms with E-state index in [9.17, 15) is 18.0 Å². The number of aromatic nitrogens is 1. The Morgan fingerprint density at radius 2 is 2.00 bits per heavy atom. The Labute approximate surface area is 94.8 Å². The van der Waals surface area contributed by atoms with E-state index < -0.39 is 11.7 Å². The number of carbonyl (C=O) groups excluding carboxylic acids is 1. The molecule has 5 heteroatoms. The maximum atomic E-state index is 12.5. The van der Waals surface area contributed by atoms with Crippen LogP contribution in [0.1, 0.15) is 11.1 Å². The Balaban J connectivity index is 2.58. The van der Waals surface area contributed by atoms with Crippen molar-refractivity contribution in [3.63, 3.8) is 0 Å². The van der Waals surface area contributed by atoms with E-state index in [2.05, 4.69) is 4.98 Å². The Hall–Kier alpha value is -2.04. The third-order valence-electron chi connectivity index (χ3n) is 2.40. The van der Waals surface area contributed by atoms with Gasteiger partial charge in [-0.2, -0.15) is 13.2 Å². The first-order valence-corrected chi connectivity index (χ1v) is 4.82. The van der Waals surface area contributed by atoms with Gasteiger partial charge in [0.05, 0.1) is 5.56 Å². The van der Waals surface area contributed by atoms with Crippen LogP contribution >= 0.6 is 0 Å². The molecule has 2 nitrogen and oxygen atoms in total. The molecule has 0 amide bonds. The summed E-state index contributed by atoms with van der Waals surface area (Å²) >= 11 is 0. The van der Waals surface area contributed by atoms with Gasteiger partial charge in [-0.15, -0.1) is 0 Å². The number of nitrogens with one attached hydrogen (secondary N) is 1. The Kier molecular flexibility index (Phi) is 2.75. The molecule has 0 aliphatic carbocycles. The first kappa shape index (κ1) is 11.4. The van der Waals surface area contributed by atoms with Crippen molar-refractivity contribution in [1.82, 2.24) is 4.98 Å². The predicted molar refractivity (Wildman–Crippen MR) is 58.4 cm³/mol. The van der Waals surface area contributed by atoms with Gasteiger partial charge in [-0.25, -0.2) is 0 Å². The summed E-state index contributed by atoms with van der Waals surface area (Å²) < 4.78 is 37.6. The summed E-state index contributed by atoms with van der Waals surface area (Å²) in [4.78, 5) is 13.0. The van der Waals surface area contributed by atoms with Crippen molar-refractivity contribution < 1.29 is 18.0 Å². The first-order chi connectivity index (χ1) is 8.02. The van der Waals surface area contributed by atoms with Gasteiger partial charge in [0, 0.05) is 17.1 Å². The van der Waals surface area contributed by atoms with Crippen LogP contribution in [0.15, 0.2) is 30.5 Å². The number of carbonyl (C=O) groups is 1. The van der Waals surface area contributed by atoms with E-state index in [0.717, 1.165) is 12.1 Å². The van der Waals surface area contributed by atoms with Crippen molar-refractivity contribution in [3.05, 3.63) is 41.6 Å². The van der Waals surface area contributed by atoms with Crippen LogP contribution in [0.2, 0.25) is 0 Å². The van der Waals surface area contributed by atoms with Gasteiger partial charge in [0.1, 0.15) is 6.29 Å². The van der Waals surface area contributed by atoms with Crippen LogP contribution < -0.4 is 0 Å². The number of hydrogen-bond acceptors (Lipinski definition) is 1. The van der Waals surface area contributed by atoms with E-state index in [0.29, 0.717) is 22.8 Å². The minimum Gasteiger partial charge on any atom is -0.361 e. The van der Waals surface area contributed by atoms with Gasteiger partial charge in [0.2, 0.25) is 0 Å². The van der Waals surface area contributed by atoms with E-state index in [-0.39, 0.29) is 0 Å². The highest BCUT2D eigenvalue weighted by Gasteiger charge is 2.30. The molecule has 1 N–H and O–H groups in total. The molecule has 1 aromatic heterocycles. The zero-order valence-corrected chi connectivity index (χ0v) is 8.58. The molecule has 17 heavy (non-hydrogen) atoms. The van der Waals surface area contributed by atoms with Crippen LogP contribution in [0, 0.1) is 0 Å². The smallest absolute Gasteiger partial charge is 0.361 e. The molecule has 0 fully saturated rings. The Morgan fingerprint density at radius 3 is 2.65 bits per heavy atom. The average molecular weight is 239 g/mol. The van der Waals surface area contributed by atoms with Gasteiger partial charge in [-0.3, -0.25) is 4.79 Å². The zero-order valence-electron chi connectivity index (χ0n) is 8.58. The fourth-order valence-corrected chi connectivity index (χ4v) is 1.60. The van der Waals surface area contributed by atoms with E-state index in [1.54, 1.807) is 6.20 Å². The molecular formula is C12H8F3NO. The lowest BCUT2D eigenvalue weighted by Crippen LogP contribution is -2.04. The number of hydrogen-bond donors (Lipinski definition) is 1. The number of H-pyrrole nitrogens is 1. The summed E-state index contributed by atoms with van der Waals surface area (Å²) in [5.41, 5.74) is 0.451. The molecule has 1 heterocycles. The SMILES string of the molecule is O=C/C=C/c1c[nH]c2ccc(C(F)(F)F)cc12. The zero-order chi connectivity index (χ0) is 12.5. The molecule has 0 aliphatic rings. The van der Waals surface area contributed by atoms with Crippen molar-refractivity contribution in [1.29, 1.82) is 0 Å². The lowest BCUT2D eigenvalue weighted by Gasteiger charge is -2.06. The van der Waals surface area contributed by atoms with Gasteiger partial charge in [-0.05, 0) is 35.9 Å². The number of fused-ring (bicyclic) bond motifs is 1. The minimum atomic E-state index is -4.36. The van der Waals surface area contributed by atoms with E-state index in [1.807, 2.05) is 0 Å². The molecule has 88 valence electrons. The molecule has 0 aliphatic heterocycles. The van der Waals surface area contributed by atoms with E-state index in [4.69, 9.17) is 0 Å². The topological polar surface area (TPSA) is 32.9 Å². The summed E-state index contributed by atoms with van der Waals surface area (Å²) in [7, 11) is 0. The third kappa shape index (κ3) is 2.22. The predicted octanol–water partition coefficient (Wildman–Crippen LogP) is 3.40. The van der Waals surface area contributed by atoms with Crippen molar-refractivity contribution in [2.45, 2.75) is 6.18 Å². The second-order valence-electron chi connectivity index (χ2n) is 3.50. The quantitative estimate of drug-likeness (QED) is 0.632. The second kappa shape index (κ2) is 4.08. The van der Waals surface area contributed by atoms with Gasteiger partial charge in [0.25, 0.3) is 0 Å². The van der Waals surface area contributed by atoms with E-state index in [1.165, 1.54) is 18.2 Å². The first-order valence-electron chi connectivity index (χ1n) is 4.82. The van der Waals surface area contributed by atoms with Crippen molar-refractivity contribution in [2.75, 3.05) is 0 Å². The summed E-state index contributed by atoms with van der Waals surface area (Å²) in [6, 6.07) is 3.46. The molecule has 2 rings (SSSR count). The average Bonchev–Trinajstić information content (AvgIpc) is 2.67. The molecular weight excluding hydrogens is 231 g/mol.